The number of hydrogen-bond acceptors (Lipinski definition) is 4. The van der Waals surface area contributed by atoms with E-state index in [-0.39, 0.29) is 17.8 Å². The number of aliphatic hydroxyl groups excluding tert-OH is 1. The molecule has 0 saturated heterocycles. The van der Waals surface area contributed by atoms with Crippen molar-refractivity contribution in [1.82, 2.24) is 5.32 Å². The van der Waals surface area contributed by atoms with Gasteiger partial charge in [-0.25, -0.2) is 4.39 Å². The molecule has 1 unspecified atom stereocenters. The Balaban J connectivity index is 1.91. The first-order valence-electron chi connectivity index (χ1n) is 6.44. The Labute approximate surface area is 121 Å². The monoisotopic (exact) mass is 290 g/mol. The molecule has 0 aromatic heterocycles. The Morgan fingerprint density at radius 3 is 2.71 bits per heavy atom. The van der Waals surface area contributed by atoms with E-state index in [1.54, 1.807) is 24.3 Å². The quantitative estimate of drug-likeness (QED) is 0.633. The molecule has 5 nitrogen and oxygen atoms in total. The SMILES string of the molecule is O=[N+]([O-])c1cccc(CNCC(O)c2ccccc2F)c1. The number of non-ortho nitro benzene ring substituents is 1. The van der Waals surface area contributed by atoms with Crippen molar-refractivity contribution in [2.24, 2.45) is 0 Å². The van der Waals surface area contributed by atoms with E-state index < -0.39 is 16.8 Å². The Morgan fingerprint density at radius 1 is 1.24 bits per heavy atom. The van der Waals surface area contributed by atoms with E-state index in [1.807, 2.05) is 0 Å². The molecule has 0 aliphatic carbocycles. The van der Waals surface area contributed by atoms with Gasteiger partial charge in [0.15, 0.2) is 0 Å². The van der Waals surface area contributed by atoms with Gasteiger partial charge in [0.2, 0.25) is 0 Å². The summed E-state index contributed by atoms with van der Waals surface area (Å²) >= 11 is 0. The van der Waals surface area contributed by atoms with Crippen molar-refractivity contribution < 1.29 is 14.4 Å². The fraction of sp³-hybridized carbons (Fsp3) is 0.200. The molecule has 21 heavy (non-hydrogen) atoms. The van der Waals surface area contributed by atoms with Gasteiger partial charge in [0, 0.05) is 30.8 Å². The Hall–Kier alpha value is -2.31. The fourth-order valence-corrected chi connectivity index (χ4v) is 1.99. The van der Waals surface area contributed by atoms with E-state index >= 15 is 0 Å². The van der Waals surface area contributed by atoms with Gasteiger partial charge in [-0.15, -0.1) is 0 Å². The van der Waals surface area contributed by atoms with Crippen LogP contribution in [0.15, 0.2) is 48.5 Å². The van der Waals surface area contributed by atoms with Gasteiger partial charge in [0.25, 0.3) is 5.69 Å². The second-order valence-corrected chi connectivity index (χ2v) is 4.60. The van der Waals surface area contributed by atoms with Crippen molar-refractivity contribution in [2.45, 2.75) is 12.6 Å². The highest BCUT2D eigenvalue weighted by Crippen LogP contribution is 2.16. The zero-order valence-corrected chi connectivity index (χ0v) is 11.2. The third kappa shape index (κ3) is 4.08. The minimum Gasteiger partial charge on any atom is -0.387 e. The highest BCUT2D eigenvalue weighted by atomic mass is 19.1. The van der Waals surface area contributed by atoms with Gasteiger partial charge < -0.3 is 10.4 Å². The van der Waals surface area contributed by atoms with Crippen molar-refractivity contribution in [2.75, 3.05) is 6.54 Å². The molecule has 2 aromatic rings. The standard InChI is InChI=1S/C15H15FN2O3/c16-14-7-2-1-6-13(14)15(19)10-17-9-11-4-3-5-12(8-11)18(20)21/h1-8,15,17,19H,9-10H2. The van der Waals surface area contributed by atoms with Crippen LogP contribution >= 0.6 is 0 Å². The number of aliphatic hydroxyl groups is 1. The van der Waals surface area contributed by atoms with Gasteiger partial charge in [-0.05, 0) is 11.6 Å². The minimum atomic E-state index is -0.968. The van der Waals surface area contributed by atoms with Crippen LogP contribution in [0.5, 0.6) is 0 Å². The highest BCUT2D eigenvalue weighted by Gasteiger charge is 2.12. The largest absolute Gasteiger partial charge is 0.387 e. The molecule has 0 aliphatic rings. The number of nitro groups is 1. The third-order valence-corrected chi connectivity index (χ3v) is 3.05. The average molecular weight is 290 g/mol. The van der Waals surface area contributed by atoms with E-state index in [0.717, 1.165) is 5.56 Å². The topological polar surface area (TPSA) is 75.4 Å². The van der Waals surface area contributed by atoms with Gasteiger partial charge in [0.1, 0.15) is 5.82 Å². The summed E-state index contributed by atoms with van der Waals surface area (Å²) < 4.78 is 13.5. The molecule has 0 bridgehead atoms. The lowest BCUT2D eigenvalue weighted by Gasteiger charge is -2.13. The molecule has 2 N–H and O–H groups in total. The lowest BCUT2D eigenvalue weighted by molar-refractivity contribution is -0.384. The molecular formula is C15H15FN2O3. The van der Waals surface area contributed by atoms with Gasteiger partial charge in [0.05, 0.1) is 11.0 Å². The molecule has 0 saturated carbocycles. The van der Waals surface area contributed by atoms with Crippen LogP contribution in [0.4, 0.5) is 10.1 Å². The predicted octanol–water partition coefficient (Wildman–Crippen LogP) is 2.56. The van der Waals surface area contributed by atoms with E-state index in [0.29, 0.717) is 6.54 Å². The molecule has 0 amide bonds. The van der Waals surface area contributed by atoms with Crippen LogP contribution < -0.4 is 5.32 Å². The molecule has 2 aromatic carbocycles. The van der Waals surface area contributed by atoms with Gasteiger partial charge in [-0.1, -0.05) is 30.3 Å². The van der Waals surface area contributed by atoms with Crippen molar-refractivity contribution in [3.8, 4) is 0 Å². The van der Waals surface area contributed by atoms with E-state index in [9.17, 15) is 19.6 Å². The summed E-state index contributed by atoms with van der Waals surface area (Å²) in [7, 11) is 0. The summed E-state index contributed by atoms with van der Waals surface area (Å²) in [6.07, 6.45) is -0.968. The Morgan fingerprint density at radius 2 is 2.00 bits per heavy atom. The van der Waals surface area contributed by atoms with Crippen LogP contribution in [0, 0.1) is 15.9 Å². The van der Waals surface area contributed by atoms with E-state index in [4.69, 9.17) is 0 Å². The molecule has 2 rings (SSSR count). The molecule has 6 heteroatoms. The van der Waals surface area contributed by atoms with Crippen LogP contribution in [-0.2, 0) is 6.54 Å². The van der Waals surface area contributed by atoms with Crippen LogP contribution in [0.25, 0.3) is 0 Å². The molecule has 1 atom stereocenters. The molecule has 0 aliphatic heterocycles. The maximum absolute atomic E-state index is 13.5. The van der Waals surface area contributed by atoms with Crippen LogP contribution in [0.1, 0.15) is 17.2 Å². The first kappa shape index (κ1) is 15.1. The number of nitro benzene ring substituents is 1. The average Bonchev–Trinajstić information content (AvgIpc) is 2.48. The summed E-state index contributed by atoms with van der Waals surface area (Å²) in [5.41, 5.74) is 0.970. The Kier molecular flexibility index (Phi) is 4.97. The molecule has 0 heterocycles. The van der Waals surface area contributed by atoms with Crippen molar-refractivity contribution in [1.29, 1.82) is 0 Å². The predicted molar refractivity (Wildman–Crippen MR) is 76.2 cm³/mol. The van der Waals surface area contributed by atoms with Crippen LogP contribution in [-0.4, -0.2) is 16.6 Å². The zero-order chi connectivity index (χ0) is 15.2. The molecule has 110 valence electrons. The first-order chi connectivity index (χ1) is 10.1. The normalized spacial score (nSPS) is 12.1. The lowest BCUT2D eigenvalue weighted by Crippen LogP contribution is -2.21. The summed E-state index contributed by atoms with van der Waals surface area (Å²) in [6, 6.07) is 12.2. The summed E-state index contributed by atoms with van der Waals surface area (Å²) in [4.78, 5) is 10.2. The van der Waals surface area contributed by atoms with Gasteiger partial charge >= 0.3 is 0 Å². The molecule has 0 radical (unpaired) electrons. The van der Waals surface area contributed by atoms with E-state index in [2.05, 4.69) is 5.32 Å². The summed E-state index contributed by atoms with van der Waals surface area (Å²) in [6.45, 7) is 0.511. The van der Waals surface area contributed by atoms with E-state index in [1.165, 1.54) is 24.3 Å². The maximum Gasteiger partial charge on any atom is 0.269 e. The molecule has 0 spiro atoms. The van der Waals surface area contributed by atoms with Crippen molar-refractivity contribution >= 4 is 5.69 Å². The Bertz CT molecular complexity index is 634. The second-order valence-electron chi connectivity index (χ2n) is 4.60. The number of nitrogens with one attached hydrogen (secondary N) is 1. The number of hydrogen-bond donors (Lipinski definition) is 2. The highest BCUT2D eigenvalue weighted by molar-refractivity contribution is 5.34. The number of rotatable bonds is 6. The summed E-state index contributed by atoms with van der Waals surface area (Å²) in [5.74, 6) is -0.456. The second kappa shape index (κ2) is 6.92. The molecule has 0 fully saturated rings. The third-order valence-electron chi connectivity index (χ3n) is 3.05. The minimum absolute atomic E-state index is 0.0175. The zero-order valence-electron chi connectivity index (χ0n) is 11.2. The summed E-state index contributed by atoms with van der Waals surface area (Å²) in [5, 5.41) is 23.5. The van der Waals surface area contributed by atoms with Crippen LogP contribution in [0.2, 0.25) is 0 Å². The van der Waals surface area contributed by atoms with Gasteiger partial charge in [-0.3, -0.25) is 10.1 Å². The fourth-order valence-electron chi connectivity index (χ4n) is 1.99. The first-order valence-corrected chi connectivity index (χ1v) is 6.44. The molecular weight excluding hydrogens is 275 g/mol. The number of halogens is 1. The lowest BCUT2D eigenvalue weighted by atomic mass is 10.1. The van der Waals surface area contributed by atoms with Crippen LogP contribution in [0.3, 0.4) is 0 Å². The van der Waals surface area contributed by atoms with Crippen molar-refractivity contribution in [3.63, 3.8) is 0 Å². The number of benzene rings is 2. The van der Waals surface area contributed by atoms with Crippen molar-refractivity contribution in [3.05, 3.63) is 75.6 Å². The smallest absolute Gasteiger partial charge is 0.269 e. The van der Waals surface area contributed by atoms with Gasteiger partial charge in [-0.2, -0.15) is 0 Å². The number of nitrogens with zero attached hydrogens (tertiary/aromatic N) is 1. The maximum atomic E-state index is 13.5.